The normalized spacial score (nSPS) is 17.6. The molecule has 2 aromatic carbocycles. The van der Waals surface area contributed by atoms with Crippen molar-refractivity contribution in [3.8, 4) is 11.1 Å². The molecule has 0 fully saturated rings. The van der Waals surface area contributed by atoms with E-state index in [0.717, 1.165) is 24.0 Å². The van der Waals surface area contributed by atoms with Gasteiger partial charge in [0.25, 0.3) is 0 Å². The van der Waals surface area contributed by atoms with Gasteiger partial charge in [0.15, 0.2) is 5.78 Å². The number of ketones is 1. The predicted molar refractivity (Wildman–Crippen MR) is 82.8 cm³/mol. The number of allylic oxidation sites excluding steroid dienone is 2. The van der Waals surface area contributed by atoms with Gasteiger partial charge in [0.05, 0.1) is 0 Å². The van der Waals surface area contributed by atoms with Gasteiger partial charge in [-0.15, -0.1) is 0 Å². The molecular formula is C19H18O. The van der Waals surface area contributed by atoms with Crippen LogP contribution in [0.1, 0.15) is 29.3 Å². The van der Waals surface area contributed by atoms with Crippen molar-refractivity contribution >= 4 is 5.78 Å². The summed E-state index contributed by atoms with van der Waals surface area (Å²) >= 11 is 0. The molecule has 0 aromatic heterocycles. The summed E-state index contributed by atoms with van der Waals surface area (Å²) in [6, 6.07) is 16.5. The SMILES string of the molecule is CC=CC[C@H]1Cc2ccc(-c3ccccc3)cc2C1=O. The van der Waals surface area contributed by atoms with Gasteiger partial charge in [0.1, 0.15) is 0 Å². The molecule has 3 rings (SSSR count). The van der Waals surface area contributed by atoms with Crippen molar-refractivity contribution in [3.05, 3.63) is 71.8 Å². The lowest BCUT2D eigenvalue weighted by atomic mass is 9.99. The van der Waals surface area contributed by atoms with E-state index in [1.165, 1.54) is 11.1 Å². The summed E-state index contributed by atoms with van der Waals surface area (Å²) in [7, 11) is 0. The van der Waals surface area contributed by atoms with E-state index >= 15 is 0 Å². The number of carbonyl (C=O) groups excluding carboxylic acids is 1. The molecule has 100 valence electrons. The van der Waals surface area contributed by atoms with Crippen molar-refractivity contribution in [3.63, 3.8) is 0 Å². The fraction of sp³-hybridized carbons (Fsp3) is 0.211. The Morgan fingerprint density at radius 1 is 1.10 bits per heavy atom. The number of benzene rings is 2. The van der Waals surface area contributed by atoms with Gasteiger partial charge >= 0.3 is 0 Å². The van der Waals surface area contributed by atoms with Crippen LogP contribution in [0.4, 0.5) is 0 Å². The minimum atomic E-state index is 0.132. The molecule has 0 bridgehead atoms. The molecule has 1 aliphatic rings. The molecule has 0 radical (unpaired) electrons. The van der Waals surface area contributed by atoms with E-state index in [-0.39, 0.29) is 5.92 Å². The van der Waals surface area contributed by atoms with Gasteiger partial charge < -0.3 is 0 Å². The van der Waals surface area contributed by atoms with E-state index in [1.807, 2.05) is 31.2 Å². The Morgan fingerprint density at radius 3 is 2.65 bits per heavy atom. The zero-order valence-corrected chi connectivity index (χ0v) is 11.7. The molecule has 0 aliphatic heterocycles. The van der Waals surface area contributed by atoms with Crippen LogP contribution in [0.25, 0.3) is 11.1 Å². The van der Waals surface area contributed by atoms with Crippen molar-refractivity contribution in [1.29, 1.82) is 0 Å². The molecular weight excluding hydrogens is 244 g/mol. The lowest BCUT2D eigenvalue weighted by Crippen LogP contribution is -2.07. The minimum absolute atomic E-state index is 0.132. The van der Waals surface area contributed by atoms with Gasteiger partial charge in [-0.05, 0) is 42.5 Å². The van der Waals surface area contributed by atoms with Crippen molar-refractivity contribution in [2.24, 2.45) is 5.92 Å². The lowest BCUT2D eigenvalue weighted by molar-refractivity contribution is 0.0938. The Hall–Kier alpha value is -2.15. The predicted octanol–water partition coefficient (Wildman–Crippen LogP) is 4.67. The molecule has 2 aromatic rings. The molecule has 1 aliphatic carbocycles. The molecule has 0 N–H and O–H groups in total. The van der Waals surface area contributed by atoms with E-state index in [9.17, 15) is 4.79 Å². The molecule has 1 nitrogen and oxygen atoms in total. The highest BCUT2D eigenvalue weighted by molar-refractivity contribution is 6.03. The third kappa shape index (κ3) is 2.32. The summed E-state index contributed by atoms with van der Waals surface area (Å²) in [6.45, 7) is 2.00. The second kappa shape index (κ2) is 5.46. The molecule has 0 spiro atoms. The molecule has 1 heteroatoms. The van der Waals surface area contributed by atoms with E-state index in [1.54, 1.807) is 0 Å². The van der Waals surface area contributed by atoms with Crippen LogP contribution in [-0.4, -0.2) is 5.78 Å². The topological polar surface area (TPSA) is 17.1 Å². The summed E-state index contributed by atoms with van der Waals surface area (Å²) in [4.78, 5) is 12.5. The maximum absolute atomic E-state index is 12.5. The van der Waals surface area contributed by atoms with Crippen LogP contribution in [-0.2, 0) is 6.42 Å². The van der Waals surface area contributed by atoms with Crippen molar-refractivity contribution < 1.29 is 4.79 Å². The monoisotopic (exact) mass is 262 g/mol. The van der Waals surface area contributed by atoms with E-state index in [2.05, 4.69) is 36.4 Å². The average Bonchev–Trinajstić information content (AvgIpc) is 2.82. The summed E-state index contributed by atoms with van der Waals surface area (Å²) in [6.07, 6.45) is 5.84. The first-order chi connectivity index (χ1) is 9.79. The Labute approximate surface area is 120 Å². The van der Waals surface area contributed by atoms with Crippen LogP contribution < -0.4 is 0 Å². The molecule has 0 saturated heterocycles. The standard InChI is InChI=1S/C19H18O/c1-2-3-7-17-12-16-11-10-15(13-18(16)19(17)20)14-8-5-4-6-9-14/h2-6,8-11,13,17H,7,12H2,1H3/t17-/m0/s1. The summed E-state index contributed by atoms with van der Waals surface area (Å²) in [5, 5.41) is 0. The highest BCUT2D eigenvalue weighted by Gasteiger charge is 2.29. The van der Waals surface area contributed by atoms with Crippen molar-refractivity contribution in [2.45, 2.75) is 19.8 Å². The Kier molecular flexibility index (Phi) is 3.51. The highest BCUT2D eigenvalue weighted by Crippen LogP contribution is 2.32. The van der Waals surface area contributed by atoms with Crippen LogP contribution >= 0.6 is 0 Å². The second-order valence-corrected chi connectivity index (χ2v) is 5.31. The molecule has 0 heterocycles. The third-order valence-electron chi connectivity index (χ3n) is 3.98. The van der Waals surface area contributed by atoms with E-state index in [4.69, 9.17) is 0 Å². The van der Waals surface area contributed by atoms with Crippen LogP contribution in [0.15, 0.2) is 60.7 Å². The summed E-state index contributed by atoms with van der Waals surface area (Å²) < 4.78 is 0. The van der Waals surface area contributed by atoms with Gasteiger partial charge in [-0.2, -0.15) is 0 Å². The number of Topliss-reactive ketones (excluding diaryl/α,β-unsaturated/α-hetero) is 1. The Morgan fingerprint density at radius 2 is 1.90 bits per heavy atom. The molecule has 20 heavy (non-hydrogen) atoms. The largest absolute Gasteiger partial charge is 0.294 e. The Bertz CT molecular complexity index is 653. The number of hydrogen-bond donors (Lipinski definition) is 0. The molecule has 0 unspecified atom stereocenters. The molecule has 0 saturated carbocycles. The van der Waals surface area contributed by atoms with Gasteiger partial charge in [0, 0.05) is 11.5 Å². The summed E-state index contributed by atoms with van der Waals surface area (Å²) in [5.41, 5.74) is 4.41. The van der Waals surface area contributed by atoms with Crippen LogP contribution in [0.5, 0.6) is 0 Å². The van der Waals surface area contributed by atoms with E-state index in [0.29, 0.717) is 5.78 Å². The lowest BCUT2D eigenvalue weighted by Gasteiger charge is -2.04. The van der Waals surface area contributed by atoms with Gasteiger partial charge in [-0.25, -0.2) is 0 Å². The quantitative estimate of drug-likeness (QED) is 0.734. The first-order valence-electron chi connectivity index (χ1n) is 7.13. The maximum Gasteiger partial charge on any atom is 0.166 e. The first kappa shape index (κ1) is 12.9. The van der Waals surface area contributed by atoms with Gasteiger partial charge in [-0.1, -0.05) is 54.6 Å². The maximum atomic E-state index is 12.5. The number of carbonyl (C=O) groups is 1. The first-order valence-corrected chi connectivity index (χ1v) is 7.13. The fourth-order valence-electron chi connectivity index (χ4n) is 2.86. The van der Waals surface area contributed by atoms with Gasteiger partial charge in [-0.3, -0.25) is 4.79 Å². The van der Waals surface area contributed by atoms with Crippen LogP contribution in [0.2, 0.25) is 0 Å². The smallest absolute Gasteiger partial charge is 0.166 e. The van der Waals surface area contributed by atoms with Crippen molar-refractivity contribution in [1.82, 2.24) is 0 Å². The average molecular weight is 262 g/mol. The third-order valence-corrected chi connectivity index (χ3v) is 3.98. The minimum Gasteiger partial charge on any atom is -0.294 e. The van der Waals surface area contributed by atoms with Crippen LogP contribution in [0.3, 0.4) is 0 Å². The van der Waals surface area contributed by atoms with Gasteiger partial charge in [0.2, 0.25) is 0 Å². The zero-order chi connectivity index (χ0) is 13.9. The number of hydrogen-bond acceptors (Lipinski definition) is 1. The molecule has 1 atom stereocenters. The van der Waals surface area contributed by atoms with Crippen molar-refractivity contribution in [2.75, 3.05) is 0 Å². The number of rotatable bonds is 3. The highest BCUT2D eigenvalue weighted by atomic mass is 16.1. The zero-order valence-electron chi connectivity index (χ0n) is 11.7. The molecule has 0 amide bonds. The summed E-state index contributed by atoms with van der Waals surface area (Å²) in [5.74, 6) is 0.433. The van der Waals surface area contributed by atoms with E-state index < -0.39 is 0 Å². The second-order valence-electron chi connectivity index (χ2n) is 5.31. The number of fused-ring (bicyclic) bond motifs is 1. The Balaban J connectivity index is 1.93. The van der Waals surface area contributed by atoms with Crippen LogP contribution in [0, 0.1) is 5.92 Å². The fourth-order valence-corrected chi connectivity index (χ4v) is 2.86.